The van der Waals surface area contributed by atoms with Crippen LogP contribution in [0.2, 0.25) is 0 Å². The first-order valence-corrected chi connectivity index (χ1v) is 10.9. The van der Waals surface area contributed by atoms with Crippen molar-refractivity contribution < 1.29 is 4.79 Å². The summed E-state index contributed by atoms with van der Waals surface area (Å²) in [5.41, 5.74) is 0. The highest BCUT2D eigenvalue weighted by atomic mass is 32.1. The molecule has 26 heavy (non-hydrogen) atoms. The number of thiophene rings is 3. The molecule has 0 atom stereocenters. The lowest BCUT2D eigenvalue weighted by Crippen LogP contribution is -2.19. The van der Waals surface area contributed by atoms with Crippen molar-refractivity contribution in [2.75, 3.05) is 6.54 Å². The fraction of sp³-hybridized carbons (Fsp3) is 0.190. The zero-order valence-electron chi connectivity index (χ0n) is 14.5. The molecule has 3 rings (SSSR count). The molecule has 0 bridgehead atoms. The van der Waals surface area contributed by atoms with E-state index in [2.05, 4.69) is 58.9 Å². The van der Waals surface area contributed by atoms with Gasteiger partial charge in [-0.25, -0.2) is 0 Å². The van der Waals surface area contributed by atoms with Gasteiger partial charge in [-0.05, 0) is 55.1 Å². The van der Waals surface area contributed by atoms with Crippen LogP contribution in [0.4, 0.5) is 0 Å². The quantitative estimate of drug-likeness (QED) is 0.307. The van der Waals surface area contributed by atoms with E-state index in [-0.39, 0.29) is 5.91 Å². The van der Waals surface area contributed by atoms with Crippen molar-refractivity contribution >= 4 is 39.9 Å². The second-order valence-corrected chi connectivity index (χ2v) is 8.56. The predicted octanol–water partition coefficient (Wildman–Crippen LogP) is 6.03. The maximum Gasteiger partial charge on any atom is 0.243 e. The third kappa shape index (κ3) is 5.18. The molecule has 2 nitrogen and oxygen atoms in total. The van der Waals surface area contributed by atoms with Gasteiger partial charge in [-0.2, -0.15) is 0 Å². The van der Waals surface area contributed by atoms with Crippen LogP contribution >= 0.6 is 34.0 Å². The van der Waals surface area contributed by atoms with E-state index in [1.807, 2.05) is 24.3 Å². The normalized spacial score (nSPS) is 10.7. The summed E-state index contributed by atoms with van der Waals surface area (Å²) in [6.45, 7) is 2.56. The largest absolute Gasteiger partial charge is 0.353 e. The van der Waals surface area contributed by atoms with Gasteiger partial charge >= 0.3 is 0 Å². The minimum Gasteiger partial charge on any atom is -0.353 e. The third-order valence-corrected chi connectivity index (χ3v) is 6.83. The van der Waals surface area contributed by atoms with Gasteiger partial charge in [-0.3, -0.25) is 4.79 Å². The Hall–Kier alpha value is -2.13. The maximum absolute atomic E-state index is 11.3. The SMILES string of the molecule is CCNC(=O)/C=C/CCC#Cc1ccc(-c2ccc(-c3cccs3)s2)s1. The molecule has 3 heterocycles. The summed E-state index contributed by atoms with van der Waals surface area (Å²) in [6, 6.07) is 12.9. The molecule has 1 amide bonds. The summed E-state index contributed by atoms with van der Waals surface area (Å²) in [6.07, 6.45) is 5.00. The summed E-state index contributed by atoms with van der Waals surface area (Å²) < 4.78 is 0. The number of hydrogen-bond acceptors (Lipinski definition) is 4. The number of nitrogens with one attached hydrogen (secondary N) is 1. The van der Waals surface area contributed by atoms with Crippen LogP contribution in [0.15, 0.2) is 53.9 Å². The highest BCUT2D eigenvalue weighted by Crippen LogP contribution is 2.38. The fourth-order valence-electron chi connectivity index (χ4n) is 2.29. The van der Waals surface area contributed by atoms with Crippen LogP contribution in [0.5, 0.6) is 0 Å². The average molecular weight is 398 g/mol. The Kier molecular flexibility index (Phi) is 6.84. The summed E-state index contributed by atoms with van der Waals surface area (Å²) in [5, 5.41) is 4.84. The topological polar surface area (TPSA) is 29.1 Å². The van der Waals surface area contributed by atoms with Crippen LogP contribution < -0.4 is 5.32 Å². The fourth-order valence-corrected chi connectivity index (χ4v) is 5.10. The number of rotatable bonds is 6. The van der Waals surface area contributed by atoms with E-state index in [9.17, 15) is 4.79 Å². The molecular weight excluding hydrogens is 378 g/mol. The molecule has 132 valence electrons. The van der Waals surface area contributed by atoms with Crippen molar-refractivity contribution in [1.82, 2.24) is 5.32 Å². The summed E-state index contributed by atoms with van der Waals surface area (Å²) in [4.78, 5) is 17.5. The zero-order valence-corrected chi connectivity index (χ0v) is 16.9. The first-order chi connectivity index (χ1) is 12.8. The molecule has 0 saturated carbocycles. The van der Waals surface area contributed by atoms with Crippen molar-refractivity contribution in [2.24, 2.45) is 0 Å². The van der Waals surface area contributed by atoms with E-state index in [1.165, 1.54) is 19.5 Å². The van der Waals surface area contributed by atoms with Crippen LogP contribution in [-0.4, -0.2) is 12.5 Å². The van der Waals surface area contributed by atoms with Gasteiger partial charge in [0.25, 0.3) is 0 Å². The molecule has 1 N–H and O–H groups in total. The van der Waals surface area contributed by atoms with Crippen molar-refractivity contribution in [3.8, 4) is 31.3 Å². The van der Waals surface area contributed by atoms with Gasteiger partial charge in [0.1, 0.15) is 0 Å². The standard InChI is InChI=1S/C21H19NOS3/c1-2-22-21(23)10-6-4-3-5-8-16-11-12-19(25-16)20-14-13-18(26-20)17-9-7-15-24-17/h6-7,9-15H,2-4H2,1H3,(H,22,23)/b10-6+. The lowest BCUT2D eigenvalue weighted by molar-refractivity contribution is -0.116. The van der Waals surface area contributed by atoms with E-state index in [1.54, 1.807) is 28.7 Å². The van der Waals surface area contributed by atoms with E-state index in [4.69, 9.17) is 0 Å². The lowest BCUT2D eigenvalue weighted by Gasteiger charge is -1.93. The molecule has 0 fully saturated rings. The van der Waals surface area contributed by atoms with Gasteiger partial charge in [0.15, 0.2) is 0 Å². The summed E-state index contributed by atoms with van der Waals surface area (Å²) in [5.74, 6) is 6.37. The molecule has 0 saturated heterocycles. The molecule has 0 aliphatic heterocycles. The van der Waals surface area contributed by atoms with Crippen LogP contribution in [0, 0.1) is 11.8 Å². The second kappa shape index (κ2) is 9.54. The van der Waals surface area contributed by atoms with Crippen LogP contribution in [0.3, 0.4) is 0 Å². The number of unbranched alkanes of at least 4 members (excludes halogenated alkanes) is 1. The Morgan fingerprint density at radius 1 is 1.08 bits per heavy atom. The zero-order chi connectivity index (χ0) is 18.2. The highest BCUT2D eigenvalue weighted by molar-refractivity contribution is 7.26. The van der Waals surface area contributed by atoms with Gasteiger partial charge in [0.05, 0.1) is 4.88 Å². The van der Waals surface area contributed by atoms with E-state index in [0.717, 1.165) is 17.7 Å². The van der Waals surface area contributed by atoms with Crippen molar-refractivity contribution in [3.05, 3.63) is 58.8 Å². The maximum atomic E-state index is 11.3. The number of likely N-dealkylation sites (N-methyl/N-ethyl adjacent to an activating group) is 1. The van der Waals surface area contributed by atoms with Crippen LogP contribution in [0.25, 0.3) is 19.5 Å². The molecule has 0 spiro atoms. The number of carbonyl (C=O) groups excluding carboxylic acids is 1. The van der Waals surface area contributed by atoms with Gasteiger partial charge < -0.3 is 5.32 Å². The summed E-state index contributed by atoms with van der Waals surface area (Å²) in [7, 11) is 0. The minimum absolute atomic E-state index is 0.0405. The molecule has 0 unspecified atom stereocenters. The first-order valence-electron chi connectivity index (χ1n) is 8.43. The Morgan fingerprint density at radius 2 is 1.85 bits per heavy atom. The molecule has 5 heteroatoms. The van der Waals surface area contributed by atoms with Gasteiger partial charge in [0.2, 0.25) is 5.91 Å². The molecule has 0 aromatic carbocycles. The number of allylic oxidation sites excluding steroid dienone is 1. The Balaban J connectivity index is 1.55. The molecular formula is C21H19NOS3. The first kappa shape index (κ1) is 18.7. The van der Waals surface area contributed by atoms with Crippen molar-refractivity contribution in [3.63, 3.8) is 0 Å². The Bertz CT molecular complexity index is 935. The van der Waals surface area contributed by atoms with Crippen molar-refractivity contribution in [1.29, 1.82) is 0 Å². The van der Waals surface area contributed by atoms with Crippen LogP contribution in [-0.2, 0) is 4.79 Å². The second-order valence-electron chi connectivity index (χ2n) is 5.44. The minimum atomic E-state index is -0.0405. The predicted molar refractivity (Wildman–Crippen MR) is 115 cm³/mol. The van der Waals surface area contributed by atoms with E-state index in [0.29, 0.717) is 6.54 Å². The van der Waals surface area contributed by atoms with E-state index < -0.39 is 0 Å². The molecule has 0 radical (unpaired) electrons. The average Bonchev–Trinajstić information content (AvgIpc) is 3.39. The number of amides is 1. The molecule has 3 aromatic rings. The summed E-state index contributed by atoms with van der Waals surface area (Å²) >= 11 is 5.33. The molecule has 3 aromatic heterocycles. The highest BCUT2D eigenvalue weighted by Gasteiger charge is 2.07. The molecule has 0 aliphatic carbocycles. The van der Waals surface area contributed by atoms with Crippen LogP contribution in [0.1, 0.15) is 24.6 Å². The van der Waals surface area contributed by atoms with Gasteiger partial charge in [-0.15, -0.1) is 34.0 Å². The third-order valence-electron chi connectivity index (χ3n) is 3.49. The molecule has 0 aliphatic rings. The van der Waals surface area contributed by atoms with Crippen molar-refractivity contribution in [2.45, 2.75) is 19.8 Å². The Morgan fingerprint density at radius 3 is 2.62 bits per heavy atom. The Labute approximate surface area is 166 Å². The monoisotopic (exact) mass is 397 g/mol. The lowest BCUT2D eigenvalue weighted by atomic mass is 10.3. The number of hydrogen-bond donors (Lipinski definition) is 1. The van der Waals surface area contributed by atoms with Gasteiger partial charge in [-0.1, -0.05) is 24.0 Å². The smallest absolute Gasteiger partial charge is 0.243 e. The number of carbonyl (C=O) groups is 1. The van der Waals surface area contributed by atoms with Gasteiger partial charge in [0, 0.05) is 32.5 Å². The van der Waals surface area contributed by atoms with E-state index >= 15 is 0 Å².